The fraction of sp³-hybridized carbons (Fsp3) is 0.517. The van der Waals surface area contributed by atoms with Gasteiger partial charge in [-0.15, -0.1) is 0 Å². The van der Waals surface area contributed by atoms with Crippen LogP contribution in [0.3, 0.4) is 0 Å². The lowest BCUT2D eigenvalue weighted by molar-refractivity contribution is 0.0370. The molecule has 2 aromatic rings. The number of carbonyl (C=O) groups excluding carboxylic acids is 2. The van der Waals surface area contributed by atoms with Crippen molar-refractivity contribution < 1.29 is 19.1 Å². The Labute approximate surface area is 209 Å². The third kappa shape index (κ3) is 6.85. The van der Waals surface area contributed by atoms with E-state index >= 15 is 0 Å². The number of Topliss-reactive ketones (excluding diaryl/α,β-unsaturated/α-hetero) is 2. The van der Waals surface area contributed by atoms with Crippen LogP contribution in [0.2, 0.25) is 0 Å². The summed E-state index contributed by atoms with van der Waals surface area (Å²) in [6.07, 6.45) is 1.04. The first-order chi connectivity index (χ1) is 16.9. The van der Waals surface area contributed by atoms with Crippen LogP contribution in [-0.2, 0) is 14.9 Å². The second kappa shape index (κ2) is 12.0. The predicted octanol–water partition coefficient (Wildman–Crippen LogP) is 3.82. The first-order valence-electron chi connectivity index (χ1n) is 12.8. The van der Waals surface area contributed by atoms with E-state index in [-0.39, 0.29) is 17.0 Å². The number of hydrogen-bond acceptors (Lipinski definition) is 6. The molecule has 0 unspecified atom stereocenters. The van der Waals surface area contributed by atoms with E-state index in [1.165, 1.54) is 0 Å². The molecule has 35 heavy (non-hydrogen) atoms. The Morgan fingerprint density at radius 2 is 1.23 bits per heavy atom. The zero-order valence-electron chi connectivity index (χ0n) is 21.1. The fourth-order valence-corrected chi connectivity index (χ4v) is 4.78. The molecule has 0 saturated carbocycles. The molecule has 2 aliphatic rings. The largest absolute Gasteiger partial charge is 0.379 e. The van der Waals surface area contributed by atoms with E-state index in [9.17, 15) is 9.59 Å². The summed E-state index contributed by atoms with van der Waals surface area (Å²) in [7, 11) is 0. The van der Waals surface area contributed by atoms with Gasteiger partial charge < -0.3 is 9.47 Å². The average Bonchev–Trinajstić information content (AvgIpc) is 2.91. The normalized spacial score (nSPS) is 17.9. The van der Waals surface area contributed by atoms with Gasteiger partial charge in [0.25, 0.3) is 0 Å². The van der Waals surface area contributed by atoms with E-state index in [4.69, 9.17) is 9.47 Å². The highest BCUT2D eigenvalue weighted by Gasteiger charge is 2.25. The second-order valence-electron chi connectivity index (χ2n) is 10.0. The topological polar surface area (TPSA) is 59.1 Å². The van der Waals surface area contributed by atoms with Gasteiger partial charge in [0.15, 0.2) is 11.6 Å². The third-order valence-electron chi connectivity index (χ3n) is 7.35. The number of rotatable bonds is 10. The van der Waals surface area contributed by atoms with Gasteiger partial charge in [-0.05, 0) is 17.2 Å². The van der Waals surface area contributed by atoms with Crippen LogP contribution in [0.4, 0.5) is 0 Å². The molecular weight excluding hydrogens is 440 g/mol. The molecular formula is C29H38N2O4. The van der Waals surface area contributed by atoms with E-state index in [2.05, 4.69) is 41.8 Å². The van der Waals surface area contributed by atoms with Gasteiger partial charge in [0.05, 0.1) is 26.4 Å². The monoisotopic (exact) mass is 478 g/mol. The molecule has 2 fully saturated rings. The molecule has 2 heterocycles. The van der Waals surface area contributed by atoms with Crippen LogP contribution in [0.25, 0.3) is 0 Å². The lowest BCUT2D eigenvalue weighted by Crippen LogP contribution is -2.37. The smallest absolute Gasteiger partial charge is 0.164 e. The van der Waals surface area contributed by atoms with E-state index in [0.717, 1.165) is 87.9 Å². The van der Waals surface area contributed by atoms with Crippen molar-refractivity contribution in [3.8, 4) is 0 Å². The summed E-state index contributed by atoms with van der Waals surface area (Å²) >= 11 is 0. The third-order valence-corrected chi connectivity index (χ3v) is 7.35. The van der Waals surface area contributed by atoms with Crippen LogP contribution < -0.4 is 0 Å². The molecule has 2 aromatic carbocycles. The van der Waals surface area contributed by atoms with Crippen LogP contribution in [0.1, 0.15) is 58.5 Å². The Morgan fingerprint density at radius 1 is 0.714 bits per heavy atom. The molecule has 2 aliphatic heterocycles. The second-order valence-corrected chi connectivity index (χ2v) is 10.0. The molecule has 0 aromatic heterocycles. The highest BCUT2D eigenvalue weighted by atomic mass is 16.5. The molecule has 4 rings (SSSR count). The Balaban J connectivity index is 1.37. The maximum Gasteiger partial charge on any atom is 0.164 e. The van der Waals surface area contributed by atoms with Crippen molar-refractivity contribution in [2.24, 2.45) is 0 Å². The van der Waals surface area contributed by atoms with Crippen molar-refractivity contribution in [2.45, 2.75) is 32.1 Å². The standard InChI is InChI=1S/C29H38N2O4/c1-29(2,25-8-6-23(7-9-25)27(32)10-12-30-14-18-34-19-15-30)26-5-3-4-24(22-26)28(33)11-13-31-16-20-35-21-17-31/h3-9,22H,10-21H2,1-2H3. The molecule has 0 aliphatic carbocycles. The quantitative estimate of drug-likeness (QED) is 0.484. The molecule has 0 amide bonds. The van der Waals surface area contributed by atoms with Gasteiger partial charge in [0.1, 0.15) is 0 Å². The first-order valence-corrected chi connectivity index (χ1v) is 12.8. The van der Waals surface area contributed by atoms with Gasteiger partial charge in [-0.1, -0.05) is 56.3 Å². The van der Waals surface area contributed by atoms with Crippen LogP contribution >= 0.6 is 0 Å². The van der Waals surface area contributed by atoms with Gasteiger partial charge in [0, 0.05) is 68.7 Å². The molecule has 0 radical (unpaired) electrons. The SMILES string of the molecule is CC(C)(c1ccc(C(=O)CCN2CCOCC2)cc1)c1cccc(C(=O)CCN2CCOCC2)c1. The average molecular weight is 479 g/mol. The summed E-state index contributed by atoms with van der Waals surface area (Å²) in [5.41, 5.74) is 3.46. The highest BCUT2D eigenvalue weighted by Crippen LogP contribution is 2.32. The molecule has 0 atom stereocenters. The van der Waals surface area contributed by atoms with Gasteiger partial charge in [-0.25, -0.2) is 0 Å². The maximum absolute atomic E-state index is 12.9. The van der Waals surface area contributed by atoms with Crippen molar-refractivity contribution >= 4 is 11.6 Å². The van der Waals surface area contributed by atoms with Crippen molar-refractivity contribution in [2.75, 3.05) is 65.7 Å². The van der Waals surface area contributed by atoms with E-state index in [1.807, 2.05) is 30.3 Å². The van der Waals surface area contributed by atoms with Crippen molar-refractivity contribution in [3.63, 3.8) is 0 Å². The predicted molar refractivity (Wildman–Crippen MR) is 137 cm³/mol. The molecule has 188 valence electrons. The van der Waals surface area contributed by atoms with Crippen LogP contribution in [-0.4, -0.2) is 87.1 Å². The lowest BCUT2D eigenvalue weighted by Gasteiger charge is -2.27. The van der Waals surface area contributed by atoms with E-state index < -0.39 is 0 Å². The van der Waals surface area contributed by atoms with Crippen molar-refractivity contribution in [1.82, 2.24) is 9.80 Å². The first kappa shape index (κ1) is 25.7. The van der Waals surface area contributed by atoms with Gasteiger partial charge >= 0.3 is 0 Å². The lowest BCUT2D eigenvalue weighted by atomic mass is 9.77. The minimum atomic E-state index is -0.282. The number of benzene rings is 2. The summed E-state index contributed by atoms with van der Waals surface area (Å²) < 4.78 is 10.8. The summed E-state index contributed by atoms with van der Waals surface area (Å²) in [5, 5.41) is 0. The summed E-state index contributed by atoms with van der Waals surface area (Å²) in [6.45, 7) is 12.5. The van der Waals surface area contributed by atoms with Gasteiger partial charge in [-0.2, -0.15) is 0 Å². The number of hydrogen-bond donors (Lipinski definition) is 0. The number of nitrogens with zero attached hydrogens (tertiary/aromatic N) is 2. The van der Waals surface area contributed by atoms with Crippen molar-refractivity contribution in [3.05, 3.63) is 70.8 Å². The zero-order valence-corrected chi connectivity index (χ0v) is 21.1. The number of ether oxygens (including phenoxy) is 2. The fourth-order valence-electron chi connectivity index (χ4n) is 4.78. The van der Waals surface area contributed by atoms with Crippen LogP contribution in [0.15, 0.2) is 48.5 Å². The Bertz CT molecular complexity index is 990. The molecule has 6 nitrogen and oxygen atoms in total. The molecule has 0 spiro atoms. The van der Waals surface area contributed by atoms with Crippen LogP contribution in [0.5, 0.6) is 0 Å². The number of carbonyl (C=O) groups is 2. The van der Waals surface area contributed by atoms with Crippen molar-refractivity contribution in [1.29, 1.82) is 0 Å². The minimum absolute atomic E-state index is 0.175. The highest BCUT2D eigenvalue weighted by molar-refractivity contribution is 5.97. The Morgan fingerprint density at radius 3 is 1.77 bits per heavy atom. The van der Waals surface area contributed by atoms with E-state index in [1.54, 1.807) is 0 Å². The van der Waals surface area contributed by atoms with E-state index in [0.29, 0.717) is 12.8 Å². The Kier molecular flexibility index (Phi) is 8.84. The van der Waals surface area contributed by atoms with Gasteiger partial charge in [0.2, 0.25) is 0 Å². The summed E-state index contributed by atoms with van der Waals surface area (Å²) in [4.78, 5) is 30.2. The number of morpholine rings is 2. The molecule has 0 N–H and O–H groups in total. The minimum Gasteiger partial charge on any atom is -0.379 e. The molecule has 0 bridgehead atoms. The Hall–Kier alpha value is -2.38. The molecule has 6 heteroatoms. The van der Waals surface area contributed by atoms with Crippen LogP contribution in [0, 0.1) is 0 Å². The maximum atomic E-state index is 12.9. The number of ketones is 2. The summed E-state index contributed by atoms with van der Waals surface area (Å²) in [5.74, 6) is 0.351. The van der Waals surface area contributed by atoms with Gasteiger partial charge in [-0.3, -0.25) is 19.4 Å². The molecule has 2 saturated heterocycles. The summed E-state index contributed by atoms with van der Waals surface area (Å²) in [6, 6.07) is 16.0. The zero-order chi connectivity index (χ0) is 24.7.